The Labute approximate surface area is 165 Å². The fourth-order valence-electron chi connectivity index (χ4n) is 7.07. The van der Waals surface area contributed by atoms with Gasteiger partial charge in [0.2, 0.25) is 0 Å². The summed E-state index contributed by atoms with van der Waals surface area (Å²) in [5, 5.41) is 0. The molecular weight excluding hydrogens is 332 g/mol. The number of carbonyl (C=O) groups excluding carboxylic acids is 1. The van der Waals surface area contributed by atoms with E-state index in [4.69, 9.17) is 4.74 Å². The second-order valence-corrected chi connectivity index (χ2v) is 9.62. The first-order chi connectivity index (χ1) is 13.3. The summed E-state index contributed by atoms with van der Waals surface area (Å²) in [6, 6.07) is 0. The molecule has 0 spiro atoms. The molecule has 0 aromatic rings. The molecule has 0 heterocycles. The van der Waals surface area contributed by atoms with Gasteiger partial charge in [-0.15, -0.1) is 0 Å². The van der Waals surface area contributed by atoms with E-state index >= 15 is 0 Å². The van der Waals surface area contributed by atoms with Crippen LogP contribution in [-0.4, -0.2) is 13.1 Å². The predicted molar refractivity (Wildman–Crippen MR) is 110 cm³/mol. The monoisotopic (exact) mass is 370 g/mol. The molecule has 0 aliphatic heterocycles. The summed E-state index contributed by atoms with van der Waals surface area (Å²) < 4.78 is 5.07. The van der Waals surface area contributed by atoms with E-state index in [1.54, 1.807) is 0 Å². The highest BCUT2D eigenvalue weighted by Crippen LogP contribution is 2.67. The summed E-state index contributed by atoms with van der Waals surface area (Å²) in [6.45, 7) is 2.29. The van der Waals surface area contributed by atoms with Gasteiger partial charge in [0.25, 0.3) is 0 Å². The molecular formula is C25H38O2. The van der Waals surface area contributed by atoms with Crippen LogP contribution < -0.4 is 0 Å². The van der Waals surface area contributed by atoms with Crippen molar-refractivity contribution in [2.24, 2.45) is 47.3 Å². The van der Waals surface area contributed by atoms with Gasteiger partial charge < -0.3 is 4.74 Å². The molecule has 2 saturated carbocycles. The maximum Gasteiger partial charge on any atom is 0.313 e. The van der Waals surface area contributed by atoms with Crippen LogP contribution in [0.1, 0.15) is 71.1 Å². The van der Waals surface area contributed by atoms with Gasteiger partial charge >= 0.3 is 5.97 Å². The lowest BCUT2D eigenvalue weighted by Gasteiger charge is -2.54. The van der Waals surface area contributed by atoms with Crippen molar-refractivity contribution in [1.29, 1.82) is 0 Å². The zero-order valence-electron chi connectivity index (χ0n) is 17.3. The first-order valence-corrected chi connectivity index (χ1v) is 11.7. The number of carbonyl (C=O) groups is 1. The number of allylic oxidation sites excluding steroid dienone is 3. The molecule has 0 N–H and O–H groups in total. The highest BCUT2D eigenvalue weighted by molar-refractivity contribution is 5.75. The molecule has 0 unspecified atom stereocenters. The second-order valence-electron chi connectivity index (χ2n) is 9.62. The van der Waals surface area contributed by atoms with Crippen molar-refractivity contribution in [1.82, 2.24) is 0 Å². The van der Waals surface area contributed by atoms with Gasteiger partial charge in [-0.3, -0.25) is 4.79 Å². The second kappa shape index (κ2) is 8.53. The van der Waals surface area contributed by atoms with Crippen molar-refractivity contribution in [3.05, 3.63) is 24.3 Å². The van der Waals surface area contributed by atoms with Crippen LogP contribution >= 0.6 is 0 Å². The number of esters is 1. The summed E-state index contributed by atoms with van der Waals surface area (Å²) >= 11 is 0. The lowest BCUT2D eigenvalue weighted by atomic mass is 9.50. The number of ether oxygens (including phenoxy) is 1. The standard InChI is InChI=1S/C25H38O2/c1-3-4-5-6-7-8-9-10-11-18-19-14-15-20-21(25(26)27-2)13-12-17-16-22(18)24(19)23(17)20/h12-15,17-24H,3-11,16H2,1-2H3/t17-,18+,19+,20+,21+,22-,23+,24+/m0/s1. The van der Waals surface area contributed by atoms with Crippen LogP contribution in [0.5, 0.6) is 0 Å². The van der Waals surface area contributed by atoms with Gasteiger partial charge in [-0.2, -0.15) is 0 Å². The lowest BCUT2D eigenvalue weighted by molar-refractivity contribution is -0.146. The highest BCUT2D eigenvalue weighted by Gasteiger charge is 2.62. The zero-order chi connectivity index (χ0) is 18.8. The van der Waals surface area contributed by atoms with Crippen LogP contribution in [-0.2, 0) is 9.53 Å². The van der Waals surface area contributed by atoms with Gasteiger partial charge in [0.1, 0.15) is 0 Å². The largest absolute Gasteiger partial charge is 0.469 e. The normalized spacial score (nSPS) is 40.5. The zero-order valence-corrected chi connectivity index (χ0v) is 17.3. The first-order valence-electron chi connectivity index (χ1n) is 11.7. The topological polar surface area (TPSA) is 26.3 Å². The number of hydrogen-bond donors (Lipinski definition) is 0. The van der Waals surface area contributed by atoms with Crippen molar-refractivity contribution < 1.29 is 9.53 Å². The molecule has 4 rings (SSSR count). The summed E-state index contributed by atoms with van der Waals surface area (Å²) in [5.74, 6) is 5.20. The average molecular weight is 371 g/mol. The minimum absolute atomic E-state index is 0.0426. The predicted octanol–water partition coefficient (Wildman–Crippen LogP) is 6.18. The van der Waals surface area contributed by atoms with Crippen LogP contribution in [0.25, 0.3) is 0 Å². The minimum atomic E-state index is -0.0453. The fraction of sp³-hybridized carbons (Fsp3) is 0.800. The van der Waals surface area contributed by atoms with Gasteiger partial charge in [-0.25, -0.2) is 0 Å². The molecule has 2 nitrogen and oxygen atoms in total. The maximum atomic E-state index is 12.2. The molecule has 0 saturated heterocycles. The van der Waals surface area contributed by atoms with E-state index < -0.39 is 0 Å². The Balaban J connectivity index is 1.28. The van der Waals surface area contributed by atoms with Crippen molar-refractivity contribution in [2.75, 3.05) is 7.11 Å². The van der Waals surface area contributed by atoms with Crippen LogP contribution in [0.4, 0.5) is 0 Å². The van der Waals surface area contributed by atoms with E-state index in [-0.39, 0.29) is 11.9 Å². The van der Waals surface area contributed by atoms with Crippen molar-refractivity contribution in [3.8, 4) is 0 Å². The average Bonchev–Trinajstić information content (AvgIpc) is 3.03. The van der Waals surface area contributed by atoms with Gasteiger partial charge in [0.15, 0.2) is 0 Å². The number of methoxy groups -OCH3 is 1. The molecule has 0 aromatic heterocycles. The Hall–Kier alpha value is -1.05. The highest BCUT2D eigenvalue weighted by atomic mass is 16.5. The fourth-order valence-corrected chi connectivity index (χ4v) is 7.07. The summed E-state index contributed by atoms with van der Waals surface area (Å²) in [6.07, 6.45) is 23.5. The van der Waals surface area contributed by atoms with Gasteiger partial charge in [-0.1, -0.05) is 82.6 Å². The smallest absolute Gasteiger partial charge is 0.313 e. The van der Waals surface area contributed by atoms with Crippen molar-refractivity contribution in [3.63, 3.8) is 0 Å². The molecule has 27 heavy (non-hydrogen) atoms. The molecule has 0 radical (unpaired) electrons. The molecule has 2 fully saturated rings. The molecule has 4 aliphatic rings. The molecule has 0 amide bonds. The van der Waals surface area contributed by atoms with Gasteiger partial charge in [0.05, 0.1) is 13.0 Å². The first kappa shape index (κ1) is 19.3. The summed E-state index contributed by atoms with van der Waals surface area (Å²) in [5.41, 5.74) is 0. The Morgan fingerprint density at radius 2 is 1.59 bits per heavy atom. The van der Waals surface area contributed by atoms with E-state index in [0.29, 0.717) is 17.8 Å². The number of hydrogen-bond acceptors (Lipinski definition) is 2. The Bertz CT molecular complexity index is 577. The molecule has 150 valence electrons. The minimum Gasteiger partial charge on any atom is -0.469 e. The molecule has 0 bridgehead atoms. The molecule has 8 atom stereocenters. The number of rotatable bonds is 10. The summed E-state index contributed by atoms with van der Waals surface area (Å²) in [7, 11) is 1.53. The Morgan fingerprint density at radius 3 is 2.33 bits per heavy atom. The Morgan fingerprint density at radius 1 is 0.889 bits per heavy atom. The van der Waals surface area contributed by atoms with E-state index in [1.165, 1.54) is 71.3 Å². The van der Waals surface area contributed by atoms with Crippen molar-refractivity contribution >= 4 is 5.97 Å². The van der Waals surface area contributed by atoms with E-state index in [0.717, 1.165) is 23.7 Å². The maximum absolute atomic E-state index is 12.2. The quantitative estimate of drug-likeness (QED) is 0.261. The summed E-state index contributed by atoms with van der Waals surface area (Å²) in [4.78, 5) is 12.2. The molecule has 0 aromatic carbocycles. The van der Waals surface area contributed by atoms with Crippen LogP contribution in [0.3, 0.4) is 0 Å². The van der Waals surface area contributed by atoms with E-state index in [2.05, 4.69) is 31.2 Å². The third-order valence-corrected chi connectivity index (χ3v) is 8.31. The van der Waals surface area contributed by atoms with Gasteiger partial charge in [0, 0.05) is 0 Å². The number of unbranched alkanes of at least 4 members (excludes halogenated alkanes) is 7. The van der Waals surface area contributed by atoms with Crippen LogP contribution in [0, 0.1) is 47.3 Å². The van der Waals surface area contributed by atoms with E-state index in [1.807, 2.05) is 0 Å². The molecule has 2 heteroatoms. The third-order valence-electron chi connectivity index (χ3n) is 8.31. The third kappa shape index (κ3) is 3.54. The van der Waals surface area contributed by atoms with Crippen LogP contribution in [0.2, 0.25) is 0 Å². The van der Waals surface area contributed by atoms with Crippen LogP contribution in [0.15, 0.2) is 24.3 Å². The Kier molecular flexibility index (Phi) is 6.09. The SMILES string of the molecule is CCCCCCCCCC[C@@H]1[C@H]2C=C[C@H]3[C@@H]4[C@H]2[C@H]1C[C@@H]4C=C[C@H]3C(=O)OC. The van der Waals surface area contributed by atoms with E-state index in [9.17, 15) is 4.79 Å². The van der Waals surface area contributed by atoms with Crippen molar-refractivity contribution in [2.45, 2.75) is 71.1 Å². The lowest BCUT2D eigenvalue weighted by Crippen LogP contribution is -2.50. The molecule has 4 aliphatic carbocycles. The van der Waals surface area contributed by atoms with Gasteiger partial charge in [-0.05, 0) is 54.3 Å².